The van der Waals surface area contributed by atoms with Crippen molar-refractivity contribution in [3.05, 3.63) is 60.7 Å². The van der Waals surface area contributed by atoms with Crippen molar-refractivity contribution in [3.8, 4) is 0 Å². The second kappa shape index (κ2) is 9.13. The molecule has 6 N–H and O–H groups in total. The highest BCUT2D eigenvalue weighted by atomic mass is 32.2. The Kier molecular flexibility index (Phi) is 6.65. The monoisotopic (exact) mass is 604 g/mol. The lowest BCUT2D eigenvalue weighted by atomic mass is 10.1. The highest BCUT2D eigenvalue weighted by Gasteiger charge is 2.23. The Hall–Kier alpha value is -3.36. The van der Waals surface area contributed by atoms with Crippen LogP contribution in [0.4, 0.5) is 11.4 Å². The van der Waals surface area contributed by atoms with E-state index in [2.05, 4.69) is 10.9 Å². The van der Waals surface area contributed by atoms with E-state index in [1.807, 2.05) is 0 Å². The molecule has 0 aliphatic rings. The van der Waals surface area contributed by atoms with Crippen molar-refractivity contribution in [1.82, 2.24) is 0 Å². The Morgan fingerprint density at radius 3 is 1.68 bits per heavy atom. The molecule has 0 radical (unpaired) electrons. The standard InChI is InChI=1S/C20H16N2O12S4/c23-35(24,25)13-7-11-3-1-6-18(37(29,30)31)20(11)16(10-13)22-21-12-8-15-14(19(9-12)38(32,33)34)4-2-5-17(15)36(26,27)28/h1-10,21-22H,(H,23,24,25)(H,26,27,28)(H,29,30,31)(H,32,33,34). The van der Waals surface area contributed by atoms with Gasteiger partial charge in [-0.15, -0.1) is 0 Å². The zero-order valence-corrected chi connectivity index (χ0v) is 21.7. The number of hydrazine groups is 1. The third-order valence-corrected chi connectivity index (χ3v) is 8.84. The van der Waals surface area contributed by atoms with E-state index in [1.54, 1.807) is 0 Å². The molecule has 0 aromatic heterocycles. The molecule has 0 aliphatic carbocycles. The van der Waals surface area contributed by atoms with Gasteiger partial charge in [0.15, 0.2) is 0 Å². The molecule has 38 heavy (non-hydrogen) atoms. The van der Waals surface area contributed by atoms with Crippen molar-refractivity contribution in [2.24, 2.45) is 0 Å². The van der Waals surface area contributed by atoms with Crippen molar-refractivity contribution in [1.29, 1.82) is 0 Å². The van der Waals surface area contributed by atoms with Gasteiger partial charge in [0.05, 0.1) is 16.3 Å². The Balaban J connectivity index is 1.96. The second-order valence-electron chi connectivity index (χ2n) is 7.80. The summed E-state index contributed by atoms with van der Waals surface area (Å²) < 4.78 is 134. The largest absolute Gasteiger partial charge is 0.301 e. The quantitative estimate of drug-likeness (QED) is 0.131. The Morgan fingerprint density at radius 1 is 0.526 bits per heavy atom. The molecule has 0 fully saturated rings. The molecule has 4 rings (SSSR count). The average molecular weight is 605 g/mol. The van der Waals surface area contributed by atoms with Gasteiger partial charge in [0, 0.05) is 16.2 Å². The molecule has 0 bridgehead atoms. The highest BCUT2D eigenvalue weighted by Crippen LogP contribution is 2.35. The van der Waals surface area contributed by atoms with Crippen molar-refractivity contribution in [3.63, 3.8) is 0 Å². The lowest BCUT2D eigenvalue weighted by Gasteiger charge is -2.17. The third kappa shape index (κ3) is 5.42. The minimum absolute atomic E-state index is 0.0506. The summed E-state index contributed by atoms with van der Waals surface area (Å²) in [4.78, 5) is -2.78. The lowest BCUT2D eigenvalue weighted by Crippen LogP contribution is -2.13. The van der Waals surface area contributed by atoms with Gasteiger partial charge < -0.3 is 10.9 Å². The fourth-order valence-electron chi connectivity index (χ4n) is 3.80. The van der Waals surface area contributed by atoms with Gasteiger partial charge in [-0.3, -0.25) is 18.2 Å². The maximum Gasteiger partial charge on any atom is 0.295 e. The van der Waals surface area contributed by atoms with E-state index in [4.69, 9.17) is 0 Å². The summed E-state index contributed by atoms with van der Waals surface area (Å²) in [6.45, 7) is 0. The number of hydrogen-bond donors (Lipinski definition) is 6. The fraction of sp³-hybridized carbons (Fsp3) is 0. The van der Waals surface area contributed by atoms with Crippen LogP contribution < -0.4 is 10.9 Å². The Labute approximate surface area is 215 Å². The summed E-state index contributed by atoms with van der Waals surface area (Å²) in [7, 11) is -19.5. The van der Waals surface area contributed by atoms with E-state index in [1.165, 1.54) is 18.2 Å². The van der Waals surface area contributed by atoms with Crippen LogP contribution in [0.5, 0.6) is 0 Å². The van der Waals surface area contributed by atoms with Gasteiger partial charge >= 0.3 is 0 Å². The van der Waals surface area contributed by atoms with E-state index in [0.29, 0.717) is 0 Å². The number of benzene rings is 4. The van der Waals surface area contributed by atoms with Gasteiger partial charge in [-0.05, 0) is 41.8 Å². The smallest absolute Gasteiger partial charge is 0.295 e. The predicted octanol–water partition coefficient (Wildman–Crippen LogP) is 2.42. The van der Waals surface area contributed by atoms with E-state index >= 15 is 0 Å². The molecule has 18 heteroatoms. The Morgan fingerprint density at radius 2 is 1.11 bits per heavy atom. The number of nitrogens with one attached hydrogen (secondary N) is 2. The van der Waals surface area contributed by atoms with Gasteiger partial charge in [-0.25, -0.2) is 0 Å². The van der Waals surface area contributed by atoms with Crippen LogP contribution in [0.3, 0.4) is 0 Å². The van der Waals surface area contributed by atoms with Gasteiger partial charge in [-0.2, -0.15) is 33.7 Å². The van der Waals surface area contributed by atoms with Crippen LogP contribution in [0.25, 0.3) is 21.5 Å². The second-order valence-corrected chi connectivity index (χ2v) is 13.4. The molecule has 0 spiro atoms. The number of rotatable bonds is 7. The summed E-state index contributed by atoms with van der Waals surface area (Å²) in [6, 6.07) is 10.5. The molecule has 14 nitrogen and oxygen atoms in total. The van der Waals surface area contributed by atoms with Crippen LogP contribution in [0.1, 0.15) is 0 Å². The van der Waals surface area contributed by atoms with E-state index in [9.17, 15) is 51.9 Å². The summed E-state index contributed by atoms with van der Waals surface area (Å²) >= 11 is 0. The predicted molar refractivity (Wildman–Crippen MR) is 134 cm³/mol. The van der Waals surface area contributed by atoms with E-state index in [-0.39, 0.29) is 32.9 Å². The molecular weight excluding hydrogens is 588 g/mol. The van der Waals surface area contributed by atoms with Crippen molar-refractivity contribution in [2.75, 3.05) is 10.9 Å². The molecule has 0 unspecified atom stereocenters. The zero-order valence-electron chi connectivity index (χ0n) is 18.5. The topological polar surface area (TPSA) is 242 Å². The van der Waals surface area contributed by atoms with Crippen LogP contribution >= 0.6 is 0 Å². The number of fused-ring (bicyclic) bond motifs is 2. The number of anilines is 2. The molecule has 0 heterocycles. The van der Waals surface area contributed by atoms with Crippen LogP contribution in [-0.2, 0) is 40.5 Å². The van der Waals surface area contributed by atoms with Gasteiger partial charge in [0.25, 0.3) is 40.5 Å². The van der Waals surface area contributed by atoms with Crippen LogP contribution in [-0.4, -0.2) is 51.9 Å². The summed E-state index contributed by atoms with van der Waals surface area (Å²) in [6.07, 6.45) is 0. The summed E-state index contributed by atoms with van der Waals surface area (Å²) in [5.74, 6) is 0. The summed E-state index contributed by atoms with van der Waals surface area (Å²) in [5, 5.41) is -0.875. The van der Waals surface area contributed by atoms with Crippen molar-refractivity contribution >= 4 is 73.4 Å². The maximum atomic E-state index is 12.0. The molecule has 0 saturated carbocycles. The van der Waals surface area contributed by atoms with Crippen molar-refractivity contribution < 1.29 is 51.9 Å². The molecule has 4 aromatic carbocycles. The molecule has 0 saturated heterocycles. The van der Waals surface area contributed by atoms with Crippen LogP contribution in [0, 0.1) is 0 Å². The first kappa shape index (κ1) is 27.7. The normalized spacial score (nSPS) is 13.1. The van der Waals surface area contributed by atoms with Gasteiger partial charge in [0.2, 0.25) is 0 Å². The molecule has 202 valence electrons. The molecule has 0 amide bonds. The van der Waals surface area contributed by atoms with Gasteiger partial charge in [0.1, 0.15) is 14.7 Å². The first-order chi connectivity index (χ1) is 17.4. The molecule has 0 aliphatic heterocycles. The minimum atomic E-state index is -4.95. The van der Waals surface area contributed by atoms with Crippen LogP contribution in [0.2, 0.25) is 0 Å². The molecule has 0 atom stereocenters. The Bertz CT molecular complexity index is 2070. The molecular formula is C20H16N2O12S4. The zero-order chi connectivity index (χ0) is 28.3. The van der Waals surface area contributed by atoms with E-state index < -0.39 is 60.1 Å². The summed E-state index contributed by atoms with van der Waals surface area (Å²) in [5.41, 5.74) is 4.29. The fourth-order valence-corrected chi connectivity index (χ4v) is 6.51. The minimum Gasteiger partial charge on any atom is -0.301 e. The third-order valence-electron chi connectivity index (χ3n) is 5.30. The van der Waals surface area contributed by atoms with Crippen LogP contribution in [0.15, 0.2) is 80.2 Å². The first-order valence-corrected chi connectivity index (χ1v) is 15.7. The lowest BCUT2D eigenvalue weighted by molar-refractivity contribution is 0.481. The maximum absolute atomic E-state index is 12.0. The SMILES string of the molecule is O=S(=O)(O)c1cc(NNc2cc(S(=O)(=O)O)c3cccc(S(=O)(=O)O)c3c2)c2c(S(=O)(=O)O)cccc2c1. The number of hydrogen-bond acceptors (Lipinski definition) is 10. The van der Waals surface area contributed by atoms with Crippen molar-refractivity contribution in [2.45, 2.75) is 19.6 Å². The average Bonchev–Trinajstić information content (AvgIpc) is 2.78. The first-order valence-electron chi connectivity index (χ1n) is 9.93. The molecule has 4 aromatic rings. The van der Waals surface area contributed by atoms with E-state index in [0.717, 1.165) is 42.5 Å². The highest BCUT2D eigenvalue weighted by molar-refractivity contribution is 7.87. The van der Waals surface area contributed by atoms with Gasteiger partial charge in [-0.1, -0.05) is 24.3 Å².